The van der Waals surface area contributed by atoms with Crippen LogP contribution < -0.4 is 5.56 Å². The van der Waals surface area contributed by atoms with Crippen LogP contribution in [0.15, 0.2) is 56.3 Å². The highest BCUT2D eigenvalue weighted by atomic mass is 32.2. The van der Waals surface area contributed by atoms with Crippen molar-refractivity contribution in [3.8, 4) is 11.4 Å². The molecule has 3 aromatic heterocycles. The van der Waals surface area contributed by atoms with Crippen molar-refractivity contribution in [3.63, 3.8) is 0 Å². The zero-order valence-electron chi connectivity index (χ0n) is 12.7. The van der Waals surface area contributed by atoms with Crippen molar-refractivity contribution in [3.05, 3.63) is 58.0 Å². The van der Waals surface area contributed by atoms with Gasteiger partial charge in [0.05, 0.1) is 11.1 Å². The third-order valence-electron chi connectivity index (χ3n) is 3.49. The van der Waals surface area contributed by atoms with Gasteiger partial charge in [0, 0.05) is 12.6 Å². The first-order valence-electron chi connectivity index (χ1n) is 7.17. The Bertz CT molecular complexity index is 1050. The van der Waals surface area contributed by atoms with Crippen LogP contribution in [-0.2, 0) is 12.8 Å². The molecule has 0 saturated carbocycles. The largest absolute Gasteiger partial charge is 0.338 e. The average Bonchev–Trinajstić information content (AvgIpc) is 3.27. The van der Waals surface area contributed by atoms with Gasteiger partial charge in [-0.2, -0.15) is 4.98 Å². The van der Waals surface area contributed by atoms with E-state index in [1.54, 1.807) is 17.7 Å². The molecule has 0 bridgehead atoms. The van der Waals surface area contributed by atoms with E-state index in [0.717, 1.165) is 10.4 Å². The molecule has 0 unspecified atom stereocenters. The van der Waals surface area contributed by atoms with Gasteiger partial charge in [-0.3, -0.25) is 9.36 Å². The maximum Gasteiger partial charge on any atom is 0.262 e. The van der Waals surface area contributed by atoms with Gasteiger partial charge in [0.2, 0.25) is 11.7 Å². The minimum atomic E-state index is -0.0424. The molecule has 3 heterocycles. The van der Waals surface area contributed by atoms with Crippen molar-refractivity contribution >= 4 is 33.3 Å². The van der Waals surface area contributed by atoms with Crippen LogP contribution >= 0.6 is 23.1 Å². The van der Waals surface area contributed by atoms with Gasteiger partial charge in [-0.25, -0.2) is 4.98 Å². The summed E-state index contributed by atoms with van der Waals surface area (Å²) in [6.07, 6.45) is 0. The molecular formula is C16H12N4O2S2. The highest BCUT2D eigenvalue weighted by Gasteiger charge is 2.13. The van der Waals surface area contributed by atoms with E-state index in [1.807, 2.05) is 35.7 Å². The second kappa shape index (κ2) is 6.21. The molecule has 0 N–H and O–H groups in total. The van der Waals surface area contributed by atoms with E-state index in [9.17, 15) is 4.79 Å². The first-order chi connectivity index (χ1) is 11.7. The summed E-state index contributed by atoms with van der Waals surface area (Å²) in [5.41, 5.74) is 0.863. The molecule has 0 aliphatic carbocycles. The molecule has 0 amide bonds. The van der Waals surface area contributed by atoms with Crippen molar-refractivity contribution in [2.45, 2.75) is 10.9 Å². The molecule has 0 saturated heterocycles. The van der Waals surface area contributed by atoms with Gasteiger partial charge < -0.3 is 4.52 Å². The van der Waals surface area contributed by atoms with Crippen molar-refractivity contribution in [2.24, 2.45) is 7.05 Å². The first kappa shape index (κ1) is 15.1. The molecule has 120 valence electrons. The number of nitrogens with zero attached hydrogens (tertiary/aromatic N) is 4. The summed E-state index contributed by atoms with van der Waals surface area (Å²) < 4.78 is 6.84. The number of thioether (sulfide) groups is 1. The van der Waals surface area contributed by atoms with Crippen LogP contribution in [0.1, 0.15) is 5.89 Å². The molecule has 0 aliphatic rings. The third kappa shape index (κ3) is 2.74. The van der Waals surface area contributed by atoms with Crippen LogP contribution in [0, 0.1) is 0 Å². The van der Waals surface area contributed by atoms with E-state index in [0.29, 0.717) is 28.0 Å². The van der Waals surface area contributed by atoms with Gasteiger partial charge in [-0.1, -0.05) is 47.3 Å². The lowest BCUT2D eigenvalue weighted by Crippen LogP contribution is -2.19. The monoisotopic (exact) mass is 356 g/mol. The van der Waals surface area contributed by atoms with Crippen molar-refractivity contribution in [1.82, 2.24) is 19.7 Å². The Morgan fingerprint density at radius 3 is 2.88 bits per heavy atom. The predicted octanol–water partition coefficient (Wildman–Crippen LogP) is 3.34. The van der Waals surface area contributed by atoms with Crippen molar-refractivity contribution in [1.29, 1.82) is 0 Å². The summed E-state index contributed by atoms with van der Waals surface area (Å²) >= 11 is 2.86. The summed E-state index contributed by atoms with van der Waals surface area (Å²) in [6.45, 7) is 0. The normalized spacial score (nSPS) is 11.2. The molecule has 6 nitrogen and oxygen atoms in total. The lowest BCUT2D eigenvalue weighted by molar-refractivity contribution is 0.391. The molecule has 0 aliphatic heterocycles. The van der Waals surface area contributed by atoms with Crippen molar-refractivity contribution < 1.29 is 4.52 Å². The Morgan fingerprint density at radius 1 is 1.21 bits per heavy atom. The highest BCUT2D eigenvalue weighted by Crippen LogP contribution is 2.24. The van der Waals surface area contributed by atoms with Crippen LogP contribution in [0.3, 0.4) is 0 Å². The Morgan fingerprint density at radius 2 is 2.04 bits per heavy atom. The number of aromatic nitrogens is 4. The standard InChI is InChI=1S/C16H12N4O2S2/c1-20-15(21)11-7-8-23-14(11)18-16(20)24-9-12-17-13(19-22-12)10-5-3-2-4-6-10/h2-8H,9H2,1H3. The summed E-state index contributed by atoms with van der Waals surface area (Å²) in [5.74, 6) is 1.51. The number of hydrogen-bond acceptors (Lipinski definition) is 7. The Balaban J connectivity index is 1.56. The summed E-state index contributed by atoms with van der Waals surface area (Å²) in [4.78, 5) is 21.9. The van der Waals surface area contributed by atoms with E-state index in [4.69, 9.17) is 4.52 Å². The van der Waals surface area contributed by atoms with Crippen LogP contribution in [0.25, 0.3) is 21.6 Å². The maximum absolute atomic E-state index is 12.3. The fraction of sp³-hybridized carbons (Fsp3) is 0.125. The minimum absolute atomic E-state index is 0.0424. The van der Waals surface area contributed by atoms with E-state index in [2.05, 4.69) is 15.1 Å². The fourth-order valence-electron chi connectivity index (χ4n) is 2.25. The molecule has 4 aromatic rings. The number of hydrogen-bond donors (Lipinski definition) is 0. The Hall–Kier alpha value is -2.45. The van der Waals surface area contributed by atoms with Gasteiger partial charge in [-0.15, -0.1) is 11.3 Å². The minimum Gasteiger partial charge on any atom is -0.338 e. The molecular weight excluding hydrogens is 344 g/mol. The van der Waals surface area contributed by atoms with Gasteiger partial charge in [0.15, 0.2) is 5.16 Å². The molecule has 0 fully saturated rings. The Labute approximate surface area is 145 Å². The fourth-order valence-corrected chi connectivity index (χ4v) is 3.87. The quantitative estimate of drug-likeness (QED) is 0.412. The maximum atomic E-state index is 12.3. The summed E-state index contributed by atoms with van der Waals surface area (Å²) in [5, 5.41) is 7.15. The topological polar surface area (TPSA) is 73.8 Å². The van der Waals surface area contributed by atoms with E-state index < -0.39 is 0 Å². The lowest BCUT2D eigenvalue weighted by Gasteiger charge is -2.05. The molecule has 0 radical (unpaired) electrons. The number of fused-ring (bicyclic) bond motifs is 1. The van der Waals surface area contributed by atoms with Crippen molar-refractivity contribution in [2.75, 3.05) is 0 Å². The second-order valence-electron chi connectivity index (χ2n) is 5.06. The Kier molecular flexibility index (Phi) is 3.91. The van der Waals surface area contributed by atoms with Gasteiger partial charge in [0.25, 0.3) is 5.56 Å². The van der Waals surface area contributed by atoms with Gasteiger partial charge in [0.1, 0.15) is 4.83 Å². The molecule has 24 heavy (non-hydrogen) atoms. The summed E-state index contributed by atoms with van der Waals surface area (Å²) in [6, 6.07) is 11.4. The van der Waals surface area contributed by atoms with Crippen LogP contribution in [0.5, 0.6) is 0 Å². The SMILES string of the molecule is Cn1c(SCc2nc(-c3ccccc3)no2)nc2sccc2c1=O. The third-order valence-corrected chi connectivity index (χ3v) is 5.31. The van der Waals surface area contributed by atoms with E-state index >= 15 is 0 Å². The van der Waals surface area contributed by atoms with E-state index in [1.165, 1.54) is 23.1 Å². The molecule has 0 spiro atoms. The van der Waals surface area contributed by atoms with Crippen LogP contribution in [0.2, 0.25) is 0 Å². The number of rotatable bonds is 4. The molecule has 4 rings (SSSR count). The van der Waals surface area contributed by atoms with Gasteiger partial charge in [-0.05, 0) is 11.4 Å². The van der Waals surface area contributed by atoms with Crippen LogP contribution in [0.4, 0.5) is 0 Å². The van der Waals surface area contributed by atoms with E-state index in [-0.39, 0.29) is 5.56 Å². The molecule has 8 heteroatoms. The molecule has 1 aromatic carbocycles. The van der Waals surface area contributed by atoms with Gasteiger partial charge >= 0.3 is 0 Å². The first-order valence-corrected chi connectivity index (χ1v) is 9.04. The smallest absolute Gasteiger partial charge is 0.262 e. The summed E-state index contributed by atoms with van der Waals surface area (Å²) in [7, 11) is 1.72. The zero-order valence-corrected chi connectivity index (χ0v) is 14.3. The second-order valence-corrected chi connectivity index (χ2v) is 6.90. The number of benzene rings is 1. The lowest BCUT2D eigenvalue weighted by atomic mass is 10.2. The number of thiophene rings is 1. The highest BCUT2D eigenvalue weighted by molar-refractivity contribution is 7.98. The zero-order chi connectivity index (χ0) is 16.5. The molecule has 0 atom stereocenters. The predicted molar refractivity (Wildman–Crippen MR) is 94.2 cm³/mol. The van der Waals surface area contributed by atoms with Crippen LogP contribution in [-0.4, -0.2) is 19.7 Å². The average molecular weight is 356 g/mol.